The number of rotatable bonds is 7. The molecule has 0 aromatic heterocycles. The van der Waals surface area contributed by atoms with Crippen LogP contribution in [0.3, 0.4) is 0 Å². The van der Waals surface area contributed by atoms with Crippen LogP contribution in [-0.2, 0) is 11.3 Å². The molecule has 0 aliphatic heterocycles. The van der Waals surface area contributed by atoms with Crippen LogP contribution in [0.1, 0.15) is 18.9 Å². The van der Waals surface area contributed by atoms with E-state index in [4.69, 9.17) is 0 Å². The molecule has 0 radical (unpaired) electrons. The van der Waals surface area contributed by atoms with Gasteiger partial charge in [0, 0.05) is 32.1 Å². The van der Waals surface area contributed by atoms with Crippen molar-refractivity contribution >= 4 is 11.6 Å². The first-order chi connectivity index (χ1) is 8.59. The minimum atomic E-state index is -0.412. The molecule has 0 heterocycles. The average Bonchev–Trinajstić information content (AvgIpc) is 2.34. The first-order valence-corrected chi connectivity index (χ1v) is 5.78. The van der Waals surface area contributed by atoms with Crippen LogP contribution < -0.4 is 10.6 Å². The number of nitrogens with one attached hydrogen (secondary N) is 2. The van der Waals surface area contributed by atoms with E-state index in [0.717, 1.165) is 18.5 Å². The first kappa shape index (κ1) is 14.1. The van der Waals surface area contributed by atoms with Crippen molar-refractivity contribution in [3.63, 3.8) is 0 Å². The van der Waals surface area contributed by atoms with Crippen LogP contribution in [0.2, 0.25) is 0 Å². The van der Waals surface area contributed by atoms with E-state index in [0.29, 0.717) is 13.1 Å². The van der Waals surface area contributed by atoms with Crippen molar-refractivity contribution in [2.24, 2.45) is 0 Å². The molecule has 1 aromatic rings. The van der Waals surface area contributed by atoms with Crippen molar-refractivity contribution < 1.29 is 9.72 Å². The van der Waals surface area contributed by atoms with Crippen molar-refractivity contribution in [3.8, 4) is 0 Å². The Morgan fingerprint density at radius 2 is 1.94 bits per heavy atom. The van der Waals surface area contributed by atoms with Gasteiger partial charge in [-0.05, 0) is 18.5 Å². The van der Waals surface area contributed by atoms with Crippen LogP contribution in [0.25, 0.3) is 0 Å². The number of hydrogen-bond acceptors (Lipinski definition) is 4. The van der Waals surface area contributed by atoms with Gasteiger partial charge in [-0.3, -0.25) is 14.9 Å². The molecule has 1 rings (SSSR count). The number of nitro benzene ring substituents is 1. The maximum Gasteiger partial charge on any atom is 0.269 e. The molecule has 18 heavy (non-hydrogen) atoms. The molecule has 98 valence electrons. The highest BCUT2D eigenvalue weighted by atomic mass is 16.6. The summed E-state index contributed by atoms with van der Waals surface area (Å²) in [5.74, 6) is -0.0228. The fourth-order valence-electron chi connectivity index (χ4n) is 1.45. The van der Waals surface area contributed by atoms with Crippen LogP contribution in [0.5, 0.6) is 0 Å². The first-order valence-electron chi connectivity index (χ1n) is 5.78. The standard InChI is InChI=1S/C12H17N3O3/c1-10(16)14-8-2-7-13-9-11-3-5-12(6-4-11)15(17)18/h3-6,13H,2,7-9H2,1H3,(H,14,16). The van der Waals surface area contributed by atoms with Gasteiger partial charge < -0.3 is 10.6 Å². The van der Waals surface area contributed by atoms with Gasteiger partial charge in [0.2, 0.25) is 5.91 Å². The molecule has 0 fully saturated rings. The predicted octanol–water partition coefficient (Wildman–Crippen LogP) is 1.21. The Labute approximate surface area is 106 Å². The lowest BCUT2D eigenvalue weighted by Gasteiger charge is -2.05. The van der Waals surface area contributed by atoms with Gasteiger partial charge in [-0.2, -0.15) is 0 Å². The third-order valence-corrected chi connectivity index (χ3v) is 2.38. The summed E-state index contributed by atoms with van der Waals surface area (Å²) < 4.78 is 0. The molecule has 0 atom stereocenters. The number of nitrogens with zero attached hydrogens (tertiary/aromatic N) is 1. The zero-order valence-electron chi connectivity index (χ0n) is 10.3. The molecule has 0 bridgehead atoms. The van der Waals surface area contributed by atoms with E-state index in [2.05, 4.69) is 10.6 Å². The van der Waals surface area contributed by atoms with Crippen molar-refractivity contribution in [2.75, 3.05) is 13.1 Å². The Kier molecular flexibility index (Phi) is 5.79. The molecule has 1 aromatic carbocycles. The Balaban J connectivity index is 2.19. The van der Waals surface area contributed by atoms with Crippen LogP contribution in [0.15, 0.2) is 24.3 Å². The number of benzene rings is 1. The summed E-state index contributed by atoms with van der Waals surface area (Å²) >= 11 is 0. The molecule has 0 aliphatic carbocycles. The highest BCUT2D eigenvalue weighted by molar-refractivity contribution is 5.72. The van der Waals surface area contributed by atoms with E-state index in [1.807, 2.05) is 0 Å². The Hall–Kier alpha value is -1.95. The Bertz CT molecular complexity index is 404. The lowest BCUT2D eigenvalue weighted by Crippen LogP contribution is -2.24. The quantitative estimate of drug-likeness (QED) is 0.433. The van der Waals surface area contributed by atoms with Crippen molar-refractivity contribution in [1.29, 1.82) is 0 Å². The fraction of sp³-hybridized carbons (Fsp3) is 0.417. The van der Waals surface area contributed by atoms with Crippen LogP contribution in [0, 0.1) is 10.1 Å². The molecule has 0 aliphatic rings. The van der Waals surface area contributed by atoms with Crippen molar-refractivity contribution in [2.45, 2.75) is 19.9 Å². The van der Waals surface area contributed by atoms with Crippen molar-refractivity contribution in [1.82, 2.24) is 10.6 Å². The van der Waals surface area contributed by atoms with Gasteiger partial charge in [-0.15, -0.1) is 0 Å². The second kappa shape index (κ2) is 7.39. The molecule has 0 unspecified atom stereocenters. The predicted molar refractivity (Wildman–Crippen MR) is 68.1 cm³/mol. The SMILES string of the molecule is CC(=O)NCCCNCc1ccc([N+](=O)[O-])cc1. The van der Waals surface area contributed by atoms with Gasteiger partial charge in [0.15, 0.2) is 0 Å². The summed E-state index contributed by atoms with van der Waals surface area (Å²) in [5.41, 5.74) is 1.10. The molecule has 0 spiro atoms. The largest absolute Gasteiger partial charge is 0.356 e. The topological polar surface area (TPSA) is 84.3 Å². The third kappa shape index (κ3) is 5.40. The Morgan fingerprint density at radius 1 is 1.28 bits per heavy atom. The molecule has 6 nitrogen and oxygen atoms in total. The minimum absolute atomic E-state index is 0.0228. The fourth-order valence-corrected chi connectivity index (χ4v) is 1.45. The van der Waals surface area contributed by atoms with E-state index >= 15 is 0 Å². The van der Waals surface area contributed by atoms with Gasteiger partial charge in [0.05, 0.1) is 4.92 Å². The number of amides is 1. The lowest BCUT2D eigenvalue weighted by molar-refractivity contribution is -0.384. The van der Waals surface area contributed by atoms with Gasteiger partial charge >= 0.3 is 0 Å². The second-order valence-electron chi connectivity index (χ2n) is 3.94. The summed E-state index contributed by atoms with van der Waals surface area (Å²) in [4.78, 5) is 20.6. The van der Waals surface area contributed by atoms with Crippen molar-refractivity contribution in [3.05, 3.63) is 39.9 Å². The number of hydrogen-bond donors (Lipinski definition) is 2. The summed E-state index contributed by atoms with van der Waals surface area (Å²) in [5, 5.41) is 16.4. The van der Waals surface area contributed by atoms with Crippen LogP contribution in [0.4, 0.5) is 5.69 Å². The molecular weight excluding hydrogens is 234 g/mol. The van der Waals surface area contributed by atoms with E-state index in [1.165, 1.54) is 19.1 Å². The van der Waals surface area contributed by atoms with Crippen LogP contribution >= 0.6 is 0 Å². The molecule has 0 saturated heterocycles. The lowest BCUT2D eigenvalue weighted by atomic mass is 10.2. The van der Waals surface area contributed by atoms with E-state index in [1.54, 1.807) is 12.1 Å². The van der Waals surface area contributed by atoms with Gasteiger partial charge in [0.1, 0.15) is 0 Å². The molecule has 6 heteroatoms. The summed E-state index contributed by atoms with van der Waals surface area (Å²) in [6, 6.07) is 6.46. The Morgan fingerprint density at radius 3 is 2.50 bits per heavy atom. The zero-order chi connectivity index (χ0) is 13.4. The summed E-state index contributed by atoms with van der Waals surface area (Å²) in [6.45, 7) is 3.60. The maximum atomic E-state index is 10.6. The molecular formula is C12H17N3O3. The second-order valence-corrected chi connectivity index (χ2v) is 3.94. The number of non-ortho nitro benzene ring substituents is 1. The highest BCUT2D eigenvalue weighted by Crippen LogP contribution is 2.11. The normalized spacial score (nSPS) is 10.1. The van der Waals surface area contributed by atoms with E-state index < -0.39 is 4.92 Å². The smallest absolute Gasteiger partial charge is 0.269 e. The van der Waals surface area contributed by atoms with E-state index in [-0.39, 0.29) is 11.6 Å². The summed E-state index contributed by atoms with van der Waals surface area (Å²) in [6.07, 6.45) is 0.854. The average molecular weight is 251 g/mol. The molecule has 1 amide bonds. The molecule has 2 N–H and O–H groups in total. The molecule has 0 saturated carbocycles. The van der Waals surface area contributed by atoms with Crippen LogP contribution in [-0.4, -0.2) is 23.9 Å². The van der Waals surface area contributed by atoms with Gasteiger partial charge in [-0.1, -0.05) is 12.1 Å². The number of nitro groups is 1. The monoisotopic (exact) mass is 251 g/mol. The number of carbonyl (C=O) groups is 1. The maximum absolute atomic E-state index is 10.6. The van der Waals surface area contributed by atoms with Gasteiger partial charge in [0.25, 0.3) is 5.69 Å². The third-order valence-electron chi connectivity index (χ3n) is 2.38. The zero-order valence-corrected chi connectivity index (χ0v) is 10.3. The summed E-state index contributed by atoms with van der Waals surface area (Å²) in [7, 11) is 0. The van der Waals surface area contributed by atoms with Gasteiger partial charge in [-0.25, -0.2) is 0 Å². The number of carbonyl (C=O) groups excluding carboxylic acids is 1. The minimum Gasteiger partial charge on any atom is -0.356 e. The van der Waals surface area contributed by atoms with E-state index in [9.17, 15) is 14.9 Å². The highest BCUT2D eigenvalue weighted by Gasteiger charge is 2.03.